The predicted octanol–water partition coefficient (Wildman–Crippen LogP) is 5.84. The molecular weight excluding hydrogens is 441 g/mol. The van der Waals surface area contributed by atoms with Crippen LogP contribution in [0.2, 0.25) is 10.0 Å². The van der Waals surface area contributed by atoms with Gasteiger partial charge in [-0.15, -0.1) is 0 Å². The van der Waals surface area contributed by atoms with Gasteiger partial charge in [-0.05, 0) is 58.7 Å². The van der Waals surface area contributed by atoms with Crippen molar-refractivity contribution in [3.63, 3.8) is 0 Å². The van der Waals surface area contributed by atoms with Crippen molar-refractivity contribution < 1.29 is 5.11 Å². The average molecular weight is 454 g/mol. The van der Waals surface area contributed by atoms with Crippen molar-refractivity contribution in [2.45, 2.75) is 12.5 Å². The monoisotopic (exact) mass is 451 g/mol. The molecule has 0 aliphatic rings. The highest BCUT2D eigenvalue weighted by atomic mass is 79.9. The summed E-state index contributed by atoms with van der Waals surface area (Å²) in [6.07, 6.45) is 0. The zero-order valence-electron chi connectivity index (χ0n) is 11.1. The maximum Gasteiger partial charge on any atom is 0.0842 e. The Kier molecular flexibility index (Phi) is 5.60. The molecule has 0 saturated heterocycles. The van der Waals surface area contributed by atoms with E-state index in [0.29, 0.717) is 10.0 Å². The second-order valence-electron chi connectivity index (χ2n) is 4.87. The van der Waals surface area contributed by atoms with Gasteiger partial charge < -0.3 is 10.4 Å². The Morgan fingerprint density at radius 2 is 1.81 bits per heavy atom. The van der Waals surface area contributed by atoms with Crippen LogP contribution in [0.25, 0.3) is 0 Å². The summed E-state index contributed by atoms with van der Waals surface area (Å²) >= 11 is 19.1. The minimum Gasteiger partial charge on any atom is -0.394 e. The summed E-state index contributed by atoms with van der Waals surface area (Å²) in [4.78, 5) is 0. The lowest BCUT2D eigenvalue weighted by Gasteiger charge is -2.31. The molecule has 0 radical (unpaired) electrons. The normalized spacial score (nSPS) is 13.8. The Bertz CT molecular complexity index is 666. The van der Waals surface area contributed by atoms with Crippen molar-refractivity contribution in [2.24, 2.45) is 0 Å². The summed E-state index contributed by atoms with van der Waals surface area (Å²) in [7, 11) is 0. The number of hydrogen-bond acceptors (Lipinski definition) is 2. The Labute approximate surface area is 150 Å². The molecule has 2 aromatic rings. The highest BCUT2D eigenvalue weighted by Gasteiger charge is 2.28. The standard InChI is InChI=1S/C15H13Br2Cl2NO/c1-15(8-21,11-4-2-9(16)6-14(11)19)20-10-3-5-13(18)12(17)7-10/h2-7,20-21H,8H2,1H3. The number of anilines is 1. The van der Waals surface area contributed by atoms with Gasteiger partial charge in [0.15, 0.2) is 0 Å². The lowest BCUT2D eigenvalue weighted by Crippen LogP contribution is -2.36. The first kappa shape index (κ1) is 17.1. The van der Waals surface area contributed by atoms with Crippen LogP contribution >= 0.6 is 55.1 Å². The van der Waals surface area contributed by atoms with Crippen LogP contribution in [0.15, 0.2) is 45.3 Å². The van der Waals surface area contributed by atoms with E-state index >= 15 is 0 Å². The van der Waals surface area contributed by atoms with Crippen LogP contribution in [0.5, 0.6) is 0 Å². The van der Waals surface area contributed by atoms with Gasteiger partial charge >= 0.3 is 0 Å². The second kappa shape index (κ2) is 6.88. The molecule has 2 aromatic carbocycles. The fraction of sp³-hybridized carbons (Fsp3) is 0.200. The fourth-order valence-corrected chi connectivity index (χ4v) is 3.40. The van der Waals surface area contributed by atoms with Crippen molar-refractivity contribution in [2.75, 3.05) is 11.9 Å². The van der Waals surface area contributed by atoms with E-state index in [1.54, 1.807) is 6.07 Å². The van der Waals surface area contributed by atoms with Crippen LogP contribution < -0.4 is 5.32 Å². The largest absolute Gasteiger partial charge is 0.394 e. The van der Waals surface area contributed by atoms with E-state index < -0.39 is 5.54 Å². The molecule has 2 N–H and O–H groups in total. The fourth-order valence-electron chi connectivity index (χ4n) is 2.02. The van der Waals surface area contributed by atoms with Gasteiger partial charge in [0.1, 0.15) is 0 Å². The highest BCUT2D eigenvalue weighted by Crippen LogP contribution is 2.34. The molecule has 0 aromatic heterocycles. The van der Waals surface area contributed by atoms with Gasteiger partial charge in [-0.25, -0.2) is 0 Å². The van der Waals surface area contributed by atoms with Crippen LogP contribution in [0, 0.1) is 0 Å². The molecule has 0 aliphatic heterocycles. The maximum atomic E-state index is 9.85. The summed E-state index contributed by atoms with van der Waals surface area (Å²) in [6.45, 7) is 1.79. The zero-order valence-corrected chi connectivity index (χ0v) is 15.8. The third-order valence-electron chi connectivity index (χ3n) is 3.18. The smallest absolute Gasteiger partial charge is 0.0842 e. The van der Waals surface area contributed by atoms with Crippen molar-refractivity contribution in [1.82, 2.24) is 0 Å². The van der Waals surface area contributed by atoms with Crippen molar-refractivity contribution in [1.29, 1.82) is 0 Å². The SMILES string of the molecule is CC(CO)(Nc1ccc(Cl)c(Br)c1)c1ccc(Br)cc1Cl. The molecule has 21 heavy (non-hydrogen) atoms. The van der Waals surface area contributed by atoms with E-state index in [1.165, 1.54) is 0 Å². The molecule has 2 nitrogen and oxygen atoms in total. The van der Waals surface area contributed by atoms with Crippen LogP contribution in [-0.4, -0.2) is 11.7 Å². The second-order valence-corrected chi connectivity index (χ2v) is 7.45. The Morgan fingerprint density at radius 3 is 2.38 bits per heavy atom. The third kappa shape index (κ3) is 3.93. The van der Waals surface area contributed by atoms with E-state index in [9.17, 15) is 5.11 Å². The molecule has 0 fully saturated rings. The highest BCUT2D eigenvalue weighted by molar-refractivity contribution is 9.10. The van der Waals surface area contributed by atoms with Crippen LogP contribution in [0.3, 0.4) is 0 Å². The average Bonchev–Trinajstić information content (AvgIpc) is 2.42. The molecule has 0 aliphatic carbocycles. The number of aliphatic hydroxyl groups is 1. The molecule has 6 heteroatoms. The number of rotatable bonds is 4. The van der Waals surface area contributed by atoms with E-state index in [1.807, 2.05) is 37.3 Å². The van der Waals surface area contributed by atoms with Gasteiger partial charge in [-0.2, -0.15) is 0 Å². The third-order valence-corrected chi connectivity index (χ3v) is 5.20. The van der Waals surface area contributed by atoms with Crippen LogP contribution in [-0.2, 0) is 5.54 Å². The molecular formula is C15H13Br2Cl2NO. The van der Waals surface area contributed by atoms with E-state index in [4.69, 9.17) is 23.2 Å². The molecule has 2 rings (SSSR count). The van der Waals surface area contributed by atoms with Gasteiger partial charge in [0.2, 0.25) is 0 Å². The predicted molar refractivity (Wildman–Crippen MR) is 96.4 cm³/mol. The van der Waals surface area contributed by atoms with E-state index in [2.05, 4.69) is 37.2 Å². The molecule has 0 amide bonds. The molecule has 0 bridgehead atoms. The Morgan fingerprint density at radius 1 is 1.10 bits per heavy atom. The number of nitrogens with one attached hydrogen (secondary N) is 1. The first-order chi connectivity index (χ1) is 9.85. The van der Waals surface area contributed by atoms with Crippen molar-refractivity contribution in [3.8, 4) is 0 Å². The van der Waals surface area contributed by atoms with E-state index in [-0.39, 0.29) is 6.61 Å². The van der Waals surface area contributed by atoms with Crippen LogP contribution in [0.1, 0.15) is 12.5 Å². The molecule has 0 spiro atoms. The van der Waals surface area contributed by atoms with Gasteiger partial charge in [0.05, 0.1) is 17.2 Å². The Balaban J connectivity index is 2.38. The van der Waals surface area contributed by atoms with Gasteiger partial charge in [-0.3, -0.25) is 0 Å². The summed E-state index contributed by atoms with van der Waals surface area (Å²) in [6, 6.07) is 11.1. The summed E-state index contributed by atoms with van der Waals surface area (Å²) in [5, 5.41) is 14.4. The molecule has 0 saturated carbocycles. The van der Waals surface area contributed by atoms with Crippen molar-refractivity contribution >= 4 is 60.7 Å². The number of halogens is 4. The summed E-state index contributed by atoms with van der Waals surface area (Å²) < 4.78 is 1.68. The van der Waals surface area contributed by atoms with E-state index in [0.717, 1.165) is 20.2 Å². The van der Waals surface area contributed by atoms with Crippen molar-refractivity contribution in [3.05, 3.63) is 61.0 Å². The number of hydrogen-bond donors (Lipinski definition) is 2. The minimum atomic E-state index is -0.703. The molecule has 0 heterocycles. The first-order valence-corrected chi connectivity index (χ1v) is 8.49. The minimum absolute atomic E-state index is 0.103. The summed E-state index contributed by atoms with van der Waals surface area (Å²) in [5.41, 5.74) is 0.952. The maximum absolute atomic E-state index is 9.85. The number of benzene rings is 2. The van der Waals surface area contributed by atoms with Crippen LogP contribution in [0.4, 0.5) is 5.69 Å². The van der Waals surface area contributed by atoms with Gasteiger partial charge in [0.25, 0.3) is 0 Å². The lowest BCUT2D eigenvalue weighted by molar-refractivity contribution is 0.224. The molecule has 1 unspecified atom stereocenters. The number of aliphatic hydroxyl groups excluding tert-OH is 1. The topological polar surface area (TPSA) is 32.3 Å². The summed E-state index contributed by atoms with van der Waals surface area (Å²) in [5.74, 6) is 0. The van der Waals surface area contributed by atoms with Gasteiger partial charge in [-0.1, -0.05) is 45.2 Å². The lowest BCUT2D eigenvalue weighted by atomic mass is 9.92. The quantitative estimate of drug-likeness (QED) is 0.609. The molecule has 1 atom stereocenters. The first-order valence-electron chi connectivity index (χ1n) is 6.15. The zero-order chi connectivity index (χ0) is 15.6. The van der Waals surface area contributed by atoms with Gasteiger partial charge in [0, 0.05) is 19.7 Å². The Hall–Kier alpha value is -0.260. The molecule has 112 valence electrons.